The van der Waals surface area contributed by atoms with Crippen molar-refractivity contribution in [3.05, 3.63) is 58.8 Å². The van der Waals surface area contributed by atoms with Crippen LogP contribution >= 0.6 is 27.7 Å². The minimum Gasteiger partial charge on any atom is -0.325 e. The summed E-state index contributed by atoms with van der Waals surface area (Å²) in [6.45, 7) is 0.476. The zero-order valence-corrected chi connectivity index (χ0v) is 12.5. The number of aromatic nitrogens is 2. The van der Waals surface area contributed by atoms with E-state index in [0.29, 0.717) is 6.54 Å². The Kier molecular flexibility index (Phi) is 3.59. The average molecular weight is 334 g/mol. The number of imidazole rings is 1. The maximum absolute atomic E-state index is 5.86. The van der Waals surface area contributed by atoms with Gasteiger partial charge in [-0.15, -0.1) is 0 Å². The van der Waals surface area contributed by atoms with E-state index in [-0.39, 0.29) is 0 Å². The average Bonchev–Trinajstić information content (AvgIpc) is 2.78. The van der Waals surface area contributed by atoms with E-state index in [0.717, 1.165) is 25.7 Å². The van der Waals surface area contributed by atoms with Crippen LogP contribution in [0.1, 0.15) is 5.69 Å². The number of benzene rings is 1. The standard InChI is InChI=1S/C14H12BrN3S/c15-10-4-6-11(7-5-10)19-14-12(9-16)18-8-2-1-3-13(18)17-14/h1-8H,9,16H2. The second kappa shape index (κ2) is 5.36. The molecule has 0 saturated carbocycles. The van der Waals surface area contributed by atoms with Crippen molar-refractivity contribution < 1.29 is 0 Å². The number of halogens is 1. The smallest absolute Gasteiger partial charge is 0.138 e. The van der Waals surface area contributed by atoms with Crippen LogP contribution < -0.4 is 5.73 Å². The fourth-order valence-electron chi connectivity index (χ4n) is 1.91. The molecule has 0 spiro atoms. The number of rotatable bonds is 3. The Morgan fingerprint density at radius 1 is 1.16 bits per heavy atom. The predicted molar refractivity (Wildman–Crippen MR) is 81.3 cm³/mol. The van der Waals surface area contributed by atoms with E-state index in [9.17, 15) is 0 Å². The molecular weight excluding hydrogens is 322 g/mol. The Bertz CT molecular complexity index is 706. The van der Waals surface area contributed by atoms with Gasteiger partial charge in [0.1, 0.15) is 10.7 Å². The number of hydrogen-bond donors (Lipinski definition) is 1. The zero-order valence-electron chi connectivity index (χ0n) is 10.1. The van der Waals surface area contributed by atoms with Crippen molar-refractivity contribution in [2.24, 2.45) is 5.73 Å². The van der Waals surface area contributed by atoms with E-state index >= 15 is 0 Å². The molecule has 5 heteroatoms. The molecule has 0 fully saturated rings. The van der Waals surface area contributed by atoms with Crippen LogP contribution in [0.25, 0.3) is 5.65 Å². The highest BCUT2D eigenvalue weighted by Crippen LogP contribution is 2.31. The van der Waals surface area contributed by atoms with Crippen molar-refractivity contribution >= 4 is 33.3 Å². The summed E-state index contributed by atoms with van der Waals surface area (Å²) in [5, 5.41) is 0.969. The van der Waals surface area contributed by atoms with Gasteiger partial charge >= 0.3 is 0 Å². The summed E-state index contributed by atoms with van der Waals surface area (Å²) in [5.74, 6) is 0. The number of nitrogens with two attached hydrogens (primary N) is 1. The van der Waals surface area contributed by atoms with Crippen LogP contribution in [0.5, 0.6) is 0 Å². The van der Waals surface area contributed by atoms with E-state index in [2.05, 4.69) is 33.0 Å². The fourth-order valence-corrected chi connectivity index (χ4v) is 3.11. The highest BCUT2D eigenvalue weighted by Gasteiger charge is 2.11. The third-order valence-corrected chi connectivity index (χ3v) is 4.37. The molecule has 2 heterocycles. The molecule has 3 nitrogen and oxygen atoms in total. The largest absolute Gasteiger partial charge is 0.325 e. The lowest BCUT2D eigenvalue weighted by Crippen LogP contribution is -2.01. The summed E-state index contributed by atoms with van der Waals surface area (Å²) in [6, 6.07) is 14.2. The number of pyridine rings is 1. The van der Waals surface area contributed by atoms with Crippen LogP contribution in [0, 0.1) is 0 Å². The Morgan fingerprint density at radius 2 is 1.95 bits per heavy atom. The molecule has 2 N–H and O–H groups in total. The first kappa shape index (κ1) is 12.7. The van der Waals surface area contributed by atoms with Crippen molar-refractivity contribution in [3.63, 3.8) is 0 Å². The number of nitrogens with zero attached hydrogens (tertiary/aromatic N) is 2. The van der Waals surface area contributed by atoms with Gasteiger partial charge in [-0.05, 0) is 36.4 Å². The van der Waals surface area contributed by atoms with Gasteiger partial charge in [0, 0.05) is 22.1 Å². The minimum absolute atomic E-state index is 0.476. The first-order valence-corrected chi connectivity index (χ1v) is 7.48. The molecule has 0 aliphatic heterocycles. The van der Waals surface area contributed by atoms with Crippen LogP contribution in [0.2, 0.25) is 0 Å². The van der Waals surface area contributed by atoms with Crippen LogP contribution in [0.15, 0.2) is 63.1 Å². The highest BCUT2D eigenvalue weighted by atomic mass is 79.9. The van der Waals surface area contributed by atoms with E-state index < -0.39 is 0 Å². The second-order valence-electron chi connectivity index (χ2n) is 4.05. The maximum atomic E-state index is 5.86. The third kappa shape index (κ3) is 2.54. The van der Waals surface area contributed by atoms with Crippen molar-refractivity contribution in [1.29, 1.82) is 0 Å². The van der Waals surface area contributed by atoms with Crippen LogP contribution in [0.3, 0.4) is 0 Å². The highest BCUT2D eigenvalue weighted by molar-refractivity contribution is 9.10. The predicted octanol–water partition coefficient (Wildman–Crippen LogP) is 3.71. The molecule has 0 saturated heterocycles. The lowest BCUT2D eigenvalue weighted by Gasteiger charge is -2.02. The first-order chi connectivity index (χ1) is 9.28. The van der Waals surface area contributed by atoms with Crippen LogP contribution in [-0.2, 0) is 6.54 Å². The lowest BCUT2D eigenvalue weighted by molar-refractivity contribution is 0.921. The molecule has 0 amide bonds. The van der Waals surface area contributed by atoms with Gasteiger partial charge in [-0.3, -0.25) is 0 Å². The van der Waals surface area contributed by atoms with Gasteiger partial charge in [0.25, 0.3) is 0 Å². The normalized spacial score (nSPS) is 11.1. The maximum Gasteiger partial charge on any atom is 0.138 e. The molecule has 0 aliphatic carbocycles. The fraction of sp³-hybridized carbons (Fsp3) is 0.0714. The second-order valence-corrected chi connectivity index (χ2v) is 6.03. The Balaban J connectivity index is 2.02. The van der Waals surface area contributed by atoms with Gasteiger partial charge in [-0.25, -0.2) is 4.98 Å². The molecule has 2 aromatic heterocycles. The van der Waals surface area contributed by atoms with E-state index in [1.165, 1.54) is 0 Å². The van der Waals surface area contributed by atoms with Gasteiger partial charge in [0.2, 0.25) is 0 Å². The topological polar surface area (TPSA) is 43.3 Å². The first-order valence-electron chi connectivity index (χ1n) is 5.87. The summed E-state index contributed by atoms with van der Waals surface area (Å²) in [7, 11) is 0. The number of hydrogen-bond acceptors (Lipinski definition) is 3. The van der Waals surface area contributed by atoms with Crippen molar-refractivity contribution in [2.45, 2.75) is 16.5 Å². The molecule has 3 aromatic rings. The molecule has 0 aliphatic rings. The Labute approximate surface area is 124 Å². The molecule has 19 heavy (non-hydrogen) atoms. The molecule has 1 aromatic carbocycles. The van der Waals surface area contributed by atoms with Gasteiger partial charge in [-0.2, -0.15) is 0 Å². The summed E-state index contributed by atoms with van der Waals surface area (Å²) in [6.07, 6.45) is 2.00. The SMILES string of the molecule is NCc1c(Sc2ccc(Br)cc2)nc2ccccn12. The Morgan fingerprint density at radius 3 is 2.68 bits per heavy atom. The number of fused-ring (bicyclic) bond motifs is 1. The van der Waals surface area contributed by atoms with Gasteiger partial charge in [0.15, 0.2) is 0 Å². The minimum atomic E-state index is 0.476. The molecule has 0 atom stereocenters. The van der Waals surface area contributed by atoms with Crippen LogP contribution in [-0.4, -0.2) is 9.38 Å². The van der Waals surface area contributed by atoms with Crippen molar-refractivity contribution in [2.75, 3.05) is 0 Å². The lowest BCUT2D eigenvalue weighted by atomic mass is 10.4. The Hall–Kier alpha value is -1.30. The monoisotopic (exact) mass is 333 g/mol. The summed E-state index contributed by atoms with van der Waals surface area (Å²) < 4.78 is 3.12. The molecular formula is C14H12BrN3S. The van der Waals surface area contributed by atoms with Crippen molar-refractivity contribution in [3.8, 4) is 0 Å². The summed E-state index contributed by atoms with van der Waals surface area (Å²) >= 11 is 5.08. The van der Waals surface area contributed by atoms with Crippen molar-refractivity contribution in [1.82, 2.24) is 9.38 Å². The summed E-state index contributed by atoms with van der Waals surface area (Å²) in [4.78, 5) is 5.79. The van der Waals surface area contributed by atoms with Gasteiger partial charge in [0.05, 0.1) is 5.69 Å². The molecule has 96 valence electrons. The van der Waals surface area contributed by atoms with E-state index in [1.807, 2.05) is 40.9 Å². The van der Waals surface area contributed by atoms with Gasteiger partial charge in [-0.1, -0.05) is 33.8 Å². The third-order valence-electron chi connectivity index (χ3n) is 2.81. The quantitative estimate of drug-likeness (QED) is 0.794. The molecule has 0 radical (unpaired) electrons. The van der Waals surface area contributed by atoms with E-state index in [1.54, 1.807) is 11.8 Å². The molecule has 0 unspecified atom stereocenters. The zero-order chi connectivity index (χ0) is 13.2. The van der Waals surface area contributed by atoms with E-state index in [4.69, 9.17) is 5.73 Å². The van der Waals surface area contributed by atoms with Crippen LogP contribution in [0.4, 0.5) is 0 Å². The summed E-state index contributed by atoms with van der Waals surface area (Å²) in [5.41, 5.74) is 7.84. The molecule has 3 rings (SSSR count). The van der Waals surface area contributed by atoms with Gasteiger partial charge < -0.3 is 10.1 Å². The molecule has 0 bridgehead atoms.